The number of piperazine rings is 1. The van der Waals surface area contributed by atoms with Gasteiger partial charge in [0, 0.05) is 51.0 Å². The summed E-state index contributed by atoms with van der Waals surface area (Å²) < 4.78 is 38.4. The standard InChI is InChI=1S/C26H27F3N6O/c27-26(28,29)21-8-10-23(30-17-21)33-13-15-34(16-14-33)25(36)20-7-4-12-35(18-20)24-11-9-22(31-32-24)19-5-2-1-3-6-19/h1-3,5-6,8-11,17,20H,4,7,12-16,18H2. The van der Waals surface area contributed by atoms with Crippen molar-refractivity contribution < 1.29 is 18.0 Å². The molecule has 2 aliphatic heterocycles. The van der Waals surface area contributed by atoms with Gasteiger partial charge in [-0.25, -0.2) is 4.98 Å². The molecule has 4 heterocycles. The smallest absolute Gasteiger partial charge is 0.354 e. The van der Waals surface area contributed by atoms with Crippen LogP contribution in [0.15, 0.2) is 60.8 Å². The molecule has 10 heteroatoms. The minimum atomic E-state index is -4.40. The van der Waals surface area contributed by atoms with Crippen LogP contribution in [0.2, 0.25) is 0 Å². The van der Waals surface area contributed by atoms with E-state index >= 15 is 0 Å². The summed E-state index contributed by atoms with van der Waals surface area (Å²) in [4.78, 5) is 23.2. The number of hydrogen-bond donors (Lipinski definition) is 0. The Morgan fingerprint density at radius 1 is 0.833 bits per heavy atom. The summed E-state index contributed by atoms with van der Waals surface area (Å²) >= 11 is 0. The van der Waals surface area contributed by atoms with Gasteiger partial charge in [0.1, 0.15) is 5.82 Å². The van der Waals surface area contributed by atoms with Crippen LogP contribution < -0.4 is 9.80 Å². The van der Waals surface area contributed by atoms with Gasteiger partial charge in [-0.3, -0.25) is 4.79 Å². The summed E-state index contributed by atoms with van der Waals surface area (Å²) in [5.41, 5.74) is 1.06. The van der Waals surface area contributed by atoms with E-state index in [4.69, 9.17) is 0 Å². The van der Waals surface area contributed by atoms with Crippen molar-refractivity contribution in [3.8, 4) is 11.3 Å². The van der Waals surface area contributed by atoms with Crippen molar-refractivity contribution >= 4 is 17.5 Å². The fourth-order valence-corrected chi connectivity index (χ4v) is 4.80. The predicted molar refractivity (Wildman–Crippen MR) is 130 cm³/mol. The first-order valence-corrected chi connectivity index (χ1v) is 12.1. The van der Waals surface area contributed by atoms with E-state index in [1.54, 1.807) is 0 Å². The average Bonchev–Trinajstić information content (AvgIpc) is 2.93. The number of alkyl halides is 3. The molecule has 1 aromatic carbocycles. The largest absolute Gasteiger partial charge is 0.417 e. The van der Waals surface area contributed by atoms with Crippen LogP contribution in [-0.4, -0.2) is 65.3 Å². The first kappa shape index (κ1) is 24.0. The Morgan fingerprint density at radius 3 is 2.22 bits per heavy atom. The van der Waals surface area contributed by atoms with Gasteiger partial charge in [-0.2, -0.15) is 13.2 Å². The Morgan fingerprint density at radius 2 is 1.58 bits per heavy atom. The number of anilines is 2. The number of amides is 1. The Balaban J connectivity index is 1.17. The van der Waals surface area contributed by atoms with Crippen LogP contribution in [-0.2, 0) is 11.0 Å². The lowest BCUT2D eigenvalue weighted by molar-refractivity contribution is -0.138. The molecule has 0 saturated carbocycles. The van der Waals surface area contributed by atoms with Crippen molar-refractivity contribution in [2.24, 2.45) is 5.92 Å². The molecule has 1 amide bonds. The van der Waals surface area contributed by atoms with Crippen molar-refractivity contribution in [1.82, 2.24) is 20.1 Å². The van der Waals surface area contributed by atoms with Crippen LogP contribution in [0, 0.1) is 5.92 Å². The molecule has 0 bridgehead atoms. The Kier molecular flexibility index (Phi) is 6.75. The molecule has 188 valence electrons. The van der Waals surface area contributed by atoms with Crippen LogP contribution in [0.4, 0.5) is 24.8 Å². The summed E-state index contributed by atoms with van der Waals surface area (Å²) in [7, 11) is 0. The molecule has 36 heavy (non-hydrogen) atoms. The highest BCUT2D eigenvalue weighted by Crippen LogP contribution is 2.30. The predicted octanol–water partition coefficient (Wildman–Crippen LogP) is 4.12. The van der Waals surface area contributed by atoms with Gasteiger partial charge < -0.3 is 14.7 Å². The summed E-state index contributed by atoms with van der Waals surface area (Å²) in [5, 5.41) is 8.80. The minimum Gasteiger partial charge on any atom is -0.354 e. The highest BCUT2D eigenvalue weighted by molar-refractivity contribution is 5.80. The van der Waals surface area contributed by atoms with Gasteiger partial charge in [0.2, 0.25) is 5.91 Å². The second kappa shape index (κ2) is 10.1. The molecule has 0 N–H and O–H groups in total. The van der Waals surface area contributed by atoms with E-state index in [2.05, 4.69) is 20.1 Å². The van der Waals surface area contributed by atoms with Gasteiger partial charge >= 0.3 is 6.18 Å². The highest BCUT2D eigenvalue weighted by atomic mass is 19.4. The van der Waals surface area contributed by atoms with Crippen LogP contribution in [0.25, 0.3) is 11.3 Å². The third-order valence-electron chi connectivity index (χ3n) is 6.81. The van der Waals surface area contributed by atoms with Gasteiger partial charge in [-0.05, 0) is 37.1 Å². The first-order chi connectivity index (χ1) is 17.4. The average molecular weight is 497 g/mol. The van der Waals surface area contributed by atoms with Gasteiger partial charge in [0.25, 0.3) is 0 Å². The quantitative estimate of drug-likeness (QED) is 0.542. The van der Waals surface area contributed by atoms with Crippen molar-refractivity contribution in [2.45, 2.75) is 19.0 Å². The molecule has 2 fully saturated rings. The zero-order valence-corrected chi connectivity index (χ0v) is 19.7. The maximum atomic E-state index is 13.3. The lowest BCUT2D eigenvalue weighted by Crippen LogP contribution is -2.52. The third-order valence-corrected chi connectivity index (χ3v) is 6.81. The van der Waals surface area contributed by atoms with Crippen molar-refractivity contribution in [2.75, 3.05) is 49.1 Å². The monoisotopic (exact) mass is 496 g/mol. The number of pyridine rings is 1. The van der Waals surface area contributed by atoms with E-state index in [1.807, 2.05) is 52.3 Å². The molecule has 2 aliphatic rings. The second-order valence-corrected chi connectivity index (χ2v) is 9.14. The van der Waals surface area contributed by atoms with Gasteiger partial charge in [-0.1, -0.05) is 30.3 Å². The molecule has 5 rings (SSSR count). The molecule has 0 spiro atoms. The van der Waals surface area contributed by atoms with Crippen LogP contribution in [0.1, 0.15) is 18.4 Å². The van der Waals surface area contributed by atoms with Crippen LogP contribution in [0.5, 0.6) is 0 Å². The molecule has 1 unspecified atom stereocenters. The number of carbonyl (C=O) groups is 1. The number of hydrogen-bond acceptors (Lipinski definition) is 6. The van der Waals surface area contributed by atoms with Crippen molar-refractivity contribution in [3.63, 3.8) is 0 Å². The molecule has 7 nitrogen and oxygen atoms in total. The van der Waals surface area contributed by atoms with E-state index in [0.717, 1.165) is 48.7 Å². The third kappa shape index (κ3) is 5.27. The van der Waals surface area contributed by atoms with Crippen LogP contribution >= 0.6 is 0 Å². The van der Waals surface area contributed by atoms with Gasteiger partial charge in [0.05, 0.1) is 17.2 Å². The van der Waals surface area contributed by atoms with E-state index in [-0.39, 0.29) is 11.8 Å². The Bertz CT molecular complexity index is 1160. The molecule has 2 aromatic heterocycles. The highest BCUT2D eigenvalue weighted by Gasteiger charge is 2.33. The second-order valence-electron chi connectivity index (χ2n) is 9.14. The maximum absolute atomic E-state index is 13.3. The number of rotatable bonds is 4. The lowest BCUT2D eigenvalue weighted by Gasteiger charge is -2.39. The fraction of sp³-hybridized carbons (Fsp3) is 0.385. The molecule has 0 aliphatic carbocycles. The Labute approximate surface area is 207 Å². The Hall–Kier alpha value is -3.69. The minimum absolute atomic E-state index is 0.119. The number of piperidine rings is 1. The summed E-state index contributed by atoms with van der Waals surface area (Å²) in [6.45, 7) is 3.53. The van der Waals surface area contributed by atoms with Gasteiger partial charge in [0.15, 0.2) is 5.82 Å². The molecular weight excluding hydrogens is 469 g/mol. The maximum Gasteiger partial charge on any atom is 0.417 e. The van der Waals surface area contributed by atoms with Crippen molar-refractivity contribution in [1.29, 1.82) is 0 Å². The number of benzene rings is 1. The number of halogens is 3. The van der Waals surface area contributed by atoms with E-state index in [0.29, 0.717) is 38.5 Å². The number of carbonyl (C=O) groups excluding carboxylic acids is 1. The SMILES string of the molecule is O=C(C1CCCN(c2ccc(-c3ccccc3)nn2)C1)N1CCN(c2ccc(C(F)(F)F)cn2)CC1. The summed E-state index contributed by atoms with van der Waals surface area (Å²) in [6.07, 6.45) is -1.82. The zero-order chi connectivity index (χ0) is 25.1. The molecule has 0 radical (unpaired) electrons. The number of aromatic nitrogens is 3. The van der Waals surface area contributed by atoms with E-state index in [1.165, 1.54) is 6.07 Å². The van der Waals surface area contributed by atoms with Crippen LogP contribution in [0.3, 0.4) is 0 Å². The number of nitrogens with zero attached hydrogens (tertiary/aromatic N) is 6. The molecule has 2 saturated heterocycles. The fourth-order valence-electron chi connectivity index (χ4n) is 4.80. The lowest BCUT2D eigenvalue weighted by atomic mass is 9.96. The summed E-state index contributed by atoms with van der Waals surface area (Å²) in [5.74, 6) is 1.26. The van der Waals surface area contributed by atoms with Crippen molar-refractivity contribution in [3.05, 3.63) is 66.4 Å². The first-order valence-electron chi connectivity index (χ1n) is 12.1. The molecular formula is C26H27F3N6O. The molecule has 1 atom stereocenters. The topological polar surface area (TPSA) is 65.5 Å². The normalized spacial score (nSPS) is 18.9. The molecule has 3 aromatic rings. The zero-order valence-electron chi connectivity index (χ0n) is 19.7. The van der Waals surface area contributed by atoms with E-state index < -0.39 is 11.7 Å². The van der Waals surface area contributed by atoms with Gasteiger partial charge in [-0.15, -0.1) is 10.2 Å². The summed E-state index contributed by atoms with van der Waals surface area (Å²) in [6, 6.07) is 16.2. The van der Waals surface area contributed by atoms with E-state index in [9.17, 15) is 18.0 Å².